The second kappa shape index (κ2) is 11.1. The molecule has 0 atom stereocenters. The first-order chi connectivity index (χ1) is 15.3. The van der Waals surface area contributed by atoms with E-state index in [2.05, 4.69) is 22.6 Å². The summed E-state index contributed by atoms with van der Waals surface area (Å²) < 4.78 is 16.5. The van der Waals surface area contributed by atoms with Crippen LogP contribution in [-0.2, 0) is 20.9 Å². The predicted molar refractivity (Wildman–Crippen MR) is 131 cm³/mol. The summed E-state index contributed by atoms with van der Waals surface area (Å²) in [6, 6.07) is 10.4. The van der Waals surface area contributed by atoms with Crippen molar-refractivity contribution in [2.75, 3.05) is 20.3 Å². The van der Waals surface area contributed by atoms with Crippen molar-refractivity contribution >= 4 is 69.1 Å². The highest BCUT2D eigenvalue weighted by Crippen LogP contribution is 2.37. The van der Waals surface area contributed by atoms with Gasteiger partial charge in [-0.15, -0.1) is 0 Å². The second-order valence-electron chi connectivity index (χ2n) is 6.52. The summed E-state index contributed by atoms with van der Waals surface area (Å²) in [6.45, 7) is 1.90. The molecule has 1 heterocycles. The Balaban J connectivity index is 1.79. The van der Waals surface area contributed by atoms with Crippen LogP contribution in [0.3, 0.4) is 0 Å². The molecule has 10 heteroatoms. The molecule has 1 saturated heterocycles. The van der Waals surface area contributed by atoms with E-state index in [4.69, 9.17) is 25.8 Å². The van der Waals surface area contributed by atoms with Crippen LogP contribution in [-0.4, -0.2) is 42.3 Å². The highest BCUT2D eigenvalue weighted by molar-refractivity contribution is 14.1. The van der Waals surface area contributed by atoms with Gasteiger partial charge in [0.25, 0.3) is 11.1 Å². The van der Waals surface area contributed by atoms with Crippen LogP contribution in [0.4, 0.5) is 4.79 Å². The summed E-state index contributed by atoms with van der Waals surface area (Å²) in [6.07, 6.45) is 1.63. The number of rotatable bonds is 8. The Morgan fingerprint density at radius 1 is 1.22 bits per heavy atom. The van der Waals surface area contributed by atoms with Gasteiger partial charge in [0, 0.05) is 5.02 Å². The molecule has 2 aromatic rings. The maximum atomic E-state index is 12.8. The topological polar surface area (TPSA) is 82.1 Å². The number of hydrogen-bond donors (Lipinski definition) is 0. The number of imide groups is 1. The fourth-order valence-electron chi connectivity index (χ4n) is 2.86. The van der Waals surface area contributed by atoms with Gasteiger partial charge in [0.15, 0.2) is 18.1 Å². The standard InChI is InChI=1S/C22H19ClINO6S/c1-3-30-19(26)12-31-20-16(24)8-14(9-17(20)29-2)10-18-21(27)25(22(28)32-18)11-13-4-6-15(23)7-5-13/h4-10H,3,11-12H2,1-2H3/b18-10-. The summed E-state index contributed by atoms with van der Waals surface area (Å²) in [7, 11) is 1.48. The fourth-order valence-corrected chi connectivity index (χ4v) is 4.60. The first-order valence-electron chi connectivity index (χ1n) is 9.48. The van der Waals surface area contributed by atoms with Gasteiger partial charge in [-0.25, -0.2) is 4.79 Å². The van der Waals surface area contributed by atoms with Crippen molar-refractivity contribution in [3.05, 3.63) is 61.0 Å². The van der Waals surface area contributed by atoms with Gasteiger partial charge in [-0.05, 0) is 82.7 Å². The molecule has 0 bridgehead atoms. The number of esters is 1. The molecule has 0 N–H and O–H groups in total. The summed E-state index contributed by atoms with van der Waals surface area (Å²) in [5.41, 5.74) is 1.46. The number of amides is 2. The summed E-state index contributed by atoms with van der Waals surface area (Å²) in [4.78, 5) is 38.3. The molecule has 1 aliphatic heterocycles. The highest BCUT2D eigenvalue weighted by atomic mass is 127. The maximum Gasteiger partial charge on any atom is 0.344 e. The number of halogens is 2. The van der Waals surface area contributed by atoms with Gasteiger partial charge in [0.05, 0.1) is 28.7 Å². The van der Waals surface area contributed by atoms with Crippen LogP contribution in [0.2, 0.25) is 5.02 Å². The molecule has 1 fully saturated rings. The largest absolute Gasteiger partial charge is 0.493 e. The van der Waals surface area contributed by atoms with Crippen molar-refractivity contribution in [1.29, 1.82) is 0 Å². The van der Waals surface area contributed by atoms with Crippen molar-refractivity contribution < 1.29 is 28.6 Å². The molecule has 0 radical (unpaired) electrons. The van der Waals surface area contributed by atoms with E-state index in [9.17, 15) is 14.4 Å². The minimum absolute atomic E-state index is 0.167. The van der Waals surface area contributed by atoms with Crippen LogP contribution in [0, 0.1) is 3.57 Å². The average Bonchev–Trinajstić information content (AvgIpc) is 3.01. The molecule has 2 aromatic carbocycles. The molecule has 0 saturated carbocycles. The van der Waals surface area contributed by atoms with E-state index in [1.165, 1.54) is 12.0 Å². The Morgan fingerprint density at radius 3 is 2.59 bits per heavy atom. The zero-order valence-corrected chi connectivity index (χ0v) is 21.0. The van der Waals surface area contributed by atoms with Crippen LogP contribution in [0.1, 0.15) is 18.1 Å². The Labute approximate surface area is 208 Å². The molecule has 0 aromatic heterocycles. The minimum atomic E-state index is -0.483. The van der Waals surface area contributed by atoms with Crippen LogP contribution in [0.15, 0.2) is 41.3 Å². The molecule has 2 amide bonds. The van der Waals surface area contributed by atoms with Crippen LogP contribution in [0.25, 0.3) is 6.08 Å². The average molecular weight is 588 g/mol. The first kappa shape index (κ1) is 24.4. The number of carbonyl (C=O) groups is 3. The van der Waals surface area contributed by atoms with Gasteiger partial charge in [-0.1, -0.05) is 23.7 Å². The lowest BCUT2D eigenvalue weighted by Crippen LogP contribution is -2.27. The van der Waals surface area contributed by atoms with E-state index >= 15 is 0 Å². The number of methoxy groups -OCH3 is 1. The quantitative estimate of drug-likeness (QED) is 0.241. The molecule has 3 rings (SSSR count). The zero-order chi connectivity index (χ0) is 23.3. The molecule has 0 spiro atoms. The lowest BCUT2D eigenvalue weighted by molar-refractivity contribution is -0.145. The summed E-state index contributed by atoms with van der Waals surface area (Å²) in [5.74, 6) is -0.0580. The lowest BCUT2D eigenvalue weighted by atomic mass is 10.1. The van der Waals surface area contributed by atoms with E-state index in [-0.39, 0.29) is 30.9 Å². The summed E-state index contributed by atoms with van der Waals surface area (Å²) >= 11 is 8.83. The van der Waals surface area contributed by atoms with E-state index in [0.29, 0.717) is 30.6 Å². The van der Waals surface area contributed by atoms with E-state index < -0.39 is 5.97 Å². The molecule has 7 nitrogen and oxygen atoms in total. The van der Waals surface area contributed by atoms with Crippen LogP contribution >= 0.6 is 46.0 Å². The van der Waals surface area contributed by atoms with Crippen molar-refractivity contribution in [1.82, 2.24) is 4.90 Å². The lowest BCUT2D eigenvalue weighted by Gasteiger charge is -2.13. The van der Waals surface area contributed by atoms with E-state index in [1.54, 1.807) is 49.4 Å². The molecule has 1 aliphatic rings. The normalized spacial score (nSPS) is 14.8. The van der Waals surface area contributed by atoms with Crippen molar-refractivity contribution in [2.45, 2.75) is 13.5 Å². The number of thioether (sulfide) groups is 1. The smallest absolute Gasteiger partial charge is 0.344 e. The number of carbonyl (C=O) groups excluding carboxylic acids is 3. The van der Waals surface area contributed by atoms with Gasteiger partial charge in [0.2, 0.25) is 0 Å². The molecular weight excluding hydrogens is 569 g/mol. The second-order valence-corrected chi connectivity index (χ2v) is 9.11. The molecular formula is C22H19ClINO6S. The SMILES string of the molecule is CCOC(=O)COc1c(I)cc(/C=C2\SC(=O)N(Cc3ccc(Cl)cc3)C2=O)cc1OC. The third-order valence-corrected chi connectivity index (χ3v) is 6.28. The first-order valence-corrected chi connectivity index (χ1v) is 11.8. The number of hydrogen-bond acceptors (Lipinski definition) is 7. The van der Waals surface area contributed by atoms with Gasteiger partial charge in [-0.3, -0.25) is 14.5 Å². The Morgan fingerprint density at radius 2 is 1.94 bits per heavy atom. The Bertz CT molecular complexity index is 1070. The zero-order valence-electron chi connectivity index (χ0n) is 17.2. The van der Waals surface area contributed by atoms with Gasteiger partial charge < -0.3 is 14.2 Å². The molecule has 0 aliphatic carbocycles. The third kappa shape index (κ3) is 5.96. The minimum Gasteiger partial charge on any atom is -0.493 e. The van der Waals surface area contributed by atoms with E-state index in [1.807, 2.05) is 0 Å². The summed E-state index contributed by atoms with van der Waals surface area (Å²) in [5, 5.41) is 0.244. The van der Waals surface area contributed by atoms with Gasteiger partial charge >= 0.3 is 5.97 Å². The maximum absolute atomic E-state index is 12.8. The van der Waals surface area contributed by atoms with Crippen LogP contribution in [0.5, 0.6) is 11.5 Å². The predicted octanol–water partition coefficient (Wildman–Crippen LogP) is 5.13. The van der Waals surface area contributed by atoms with Crippen molar-refractivity contribution in [3.63, 3.8) is 0 Å². The highest BCUT2D eigenvalue weighted by Gasteiger charge is 2.35. The van der Waals surface area contributed by atoms with Crippen LogP contribution < -0.4 is 9.47 Å². The number of benzene rings is 2. The van der Waals surface area contributed by atoms with Crippen molar-refractivity contribution in [2.24, 2.45) is 0 Å². The van der Waals surface area contributed by atoms with Crippen molar-refractivity contribution in [3.8, 4) is 11.5 Å². The monoisotopic (exact) mass is 587 g/mol. The number of ether oxygens (including phenoxy) is 3. The van der Waals surface area contributed by atoms with Gasteiger partial charge in [-0.2, -0.15) is 0 Å². The molecule has 0 unspecified atom stereocenters. The van der Waals surface area contributed by atoms with Gasteiger partial charge in [0.1, 0.15) is 0 Å². The molecule has 32 heavy (non-hydrogen) atoms. The Kier molecular flexibility index (Phi) is 8.44. The Hall–Kier alpha value is -2.24. The number of nitrogens with zero attached hydrogens (tertiary/aromatic N) is 1. The third-order valence-electron chi connectivity index (χ3n) is 4.32. The van der Waals surface area contributed by atoms with E-state index in [0.717, 1.165) is 17.3 Å². The molecule has 168 valence electrons. The fraction of sp³-hybridized carbons (Fsp3) is 0.227.